The molecule has 112 valence electrons. The molecular weight excluding hydrogens is 250 g/mol. The van der Waals surface area contributed by atoms with Crippen LogP contribution in [0.4, 0.5) is 0 Å². The first-order valence-corrected chi connectivity index (χ1v) is 7.37. The fraction of sp³-hybridized carbons (Fsp3) is 0.588. The van der Waals surface area contributed by atoms with Crippen LogP contribution in [0.3, 0.4) is 0 Å². The molecule has 3 nitrogen and oxygen atoms in total. The number of nitrogens with one attached hydrogen (secondary N) is 1. The highest BCUT2D eigenvalue weighted by molar-refractivity contribution is 5.76. The number of hydrogen-bond donors (Lipinski definition) is 2. The van der Waals surface area contributed by atoms with E-state index in [0.717, 1.165) is 18.4 Å². The molecule has 1 rings (SSSR count). The van der Waals surface area contributed by atoms with Crippen LogP contribution in [0.5, 0.6) is 0 Å². The average Bonchev–Trinajstić information content (AvgIpc) is 2.38. The predicted octanol–water partition coefficient (Wildman–Crippen LogP) is 3.44. The van der Waals surface area contributed by atoms with Crippen LogP contribution in [0, 0.1) is 5.41 Å². The van der Waals surface area contributed by atoms with Gasteiger partial charge in [0, 0.05) is 13.0 Å². The first kappa shape index (κ1) is 16.7. The summed E-state index contributed by atoms with van der Waals surface area (Å²) < 4.78 is 0. The lowest BCUT2D eigenvalue weighted by atomic mass is 9.85. The maximum atomic E-state index is 12.0. The molecule has 1 atom stereocenters. The molecule has 1 unspecified atom stereocenters. The van der Waals surface area contributed by atoms with Crippen LogP contribution in [-0.2, 0) is 4.79 Å². The number of carbonyl (C=O) groups is 1. The number of aliphatic hydroxyl groups is 1. The first-order valence-electron chi connectivity index (χ1n) is 7.37. The van der Waals surface area contributed by atoms with Gasteiger partial charge >= 0.3 is 0 Å². The molecule has 0 fully saturated rings. The van der Waals surface area contributed by atoms with Gasteiger partial charge in [-0.3, -0.25) is 4.79 Å². The van der Waals surface area contributed by atoms with Gasteiger partial charge in [-0.2, -0.15) is 0 Å². The van der Waals surface area contributed by atoms with Gasteiger partial charge in [0.25, 0.3) is 0 Å². The monoisotopic (exact) mass is 277 g/mol. The Hall–Kier alpha value is -1.35. The van der Waals surface area contributed by atoms with Crippen LogP contribution in [0.1, 0.15) is 58.1 Å². The first-order chi connectivity index (χ1) is 9.42. The van der Waals surface area contributed by atoms with E-state index in [2.05, 4.69) is 38.2 Å². The third kappa shape index (κ3) is 6.71. The van der Waals surface area contributed by atoms with Gasteiger partial charge in [0.1, 0.15) is 0 Å². The lowest BCUT2D eigenvalue weighted by Crippen LogP contribution is -2.31. The summed E-state index contributed by atoms with van der Waals surface area (Å²) in [6.07, 6.45) is 2.80. The molecule has 0 aliphatic carbocycles. The molecule has 20 heavy (non-hydrogen) atoms. The van der Waals surface area contributed by atoms with Gasteiger partial charge in [-0.05, 0) is 30.2 Å². The summed E-state index contributed by atoms with van der Waals surface area (Å²) in [5.74, 6) is 0.0663. The van der Waals surface area contributed by atoms with Gasteiger partial charge in [-0.15, -0.1) is 0 Å². The third-order valence-electron chi connectivity index (χ3n) is 3.17. The number of rotatable bonds is 7. The quantitative estimate of drug-likeness (QED) is 0.750. The fourth-order valence-electron chi connectivity index (χ4n) is 2.21. The van der Waals surface area contributed by atoms with E-state index < -0.39 is 0 Å². The van der Waals surface area contributed by atoms with E-state index in [0.29, 0.717) is 12.8 Å². The number of benzene rings is 1. The van der Waals surface area contributed by atoms with Crippen LogP contribution in [0.25, 0.3) is 0 Å². The SMILES string of the molecule is CC(C)(C)CC(NC(=O)CCCCO)c1ccccc1. The van der Waals surface area contributed by atoms with Crippen LogP contribution >= 0.6 is 0 Å². The normalized spacial score (nSPS) is 13.0. The Morgan fingerprint density at radius 2 is 1.85 bits per heavy atom. The summed E-state index contributed by atoms with van der Waals surface area (Å²) >= 11 is 0. The van der Waals surface area contributed by atoms with Crippen LogP contribution in [-0.4, -0.2) is 17.6 Å². The van der Waals surface area contributed by atoms with Crippen molar-refractivity contribution in [2.75, 3.05) is 6.61 Å². The molecule has 0 spiro atoms. The molecule has 0 heterocycles. The minimum atomic E-state index is 0.0535. The highest BCUT2D eigenvalue weighted by Gasteiger charge is 2.21. The zero-order chi connectivity index (χ0) is 15.0. The van der Waals surface area contributed by atoms with E-state index in [4.69, 9.17) is 5.11 Å². The molecule has 0 aliphatic heterocycles. The summed E-state index contributed by atoms with van der Waals surface area (Å²) in [4.78, 5) is 12.0. The second kappa shape index (κ2) is 8.05. The molecule has 3 heteroatoms. The van der Waals surface area contributed by atoms with Crippen molar-refractivity contribution in [1.82, 2.24) is 5.32 Å². The van der Waals surface area contributed by atoms with Crippen molar-refractivity contribution < 1.29 is 9.90 Å². The zero-order valence-electron chi connectivity index (χ0n) is 12.9. The minimum absolute atomic E-state index is 0.0535. The molecule has 1 amide bonds. The van der Waals surface area contributed by atoms with E-state index >= 15 is 0 Å². The molecule has 1 aromatic carbocycles. The molecule has 2 N–H and O–H groups in total. The summed E-state index contributed by atoms with van der Waals surface area (Å²) in [6.45, 7) is 6.69. The number of unbranched alkanes of at least 4 members (excludes halogenated alkanes) is 1. The lowest BCUT2D eigenvalue weighted by Gasteiger charge is -2.27. The van der Waals surface area contributed by atoms with Crippen molar-refractivity contribution in [1.29, 1.82) is 0 Å². The fourth-order valence-corrected chi connectivity index (χ4v) is 2.21. The van der Waals surface area contributed by atoms with Crippen LogP contribution < -0.4 is 5.32 Å². The van der Waals surface area contributed by atoms with E-state index in [-0.39, 0.29) is 24.0 Å². The Kier molecular flexibility index (Phi) is 6.73. The second-order valence-electron chi connectivity index (χ2n) is 6.48. The Morgan fingerprint density at radius 1 is 1.20 bits per heavy atom. The van der Waals surface area contributed by atoms with E-state index in [1.54, 1.807) is 0 Å². The van der Waals surface area contributed by atoms with Crippen molar-refractivity contribution in [2.45, 2.75) is 52.5 Å². The van der Waals surface area contributed by atoms with E-state index in [1.807, 2.05) is 18.2 Å². The van der Waals surface area contributed by atoms with Gasteiger partial charge in [-0.1, -0.05) is 51.1 Å². The molecular formula is C17H27NO2. The molecule has 1 aromatic rings. The molecule has 0 saturated carbocycles. The Labute approximate surface area is 122 Å². The largest absolute Gasteiger partial charge is 0.396 e. The standard InChI is InChI=1S/C17H27NO2/c1-17(2,3)13-15(14-9-5-4-6-10-14)18-16(20)11-7-8-12-19/h4-6,9-10,15,19H,7-8,11-13H2,1-3H3,(H,18,20). The van der Waals surface area contributed by atoms with Crippen LogP contribution in [0.15, 0.2) is 30.3 Å². The Morgan fingerprint density at radius 3 is 2.40 bits per heavy atom. The van der Waals surface area contributed by atoms with Crippen molar-refractivity contribution in [3.8, 4) is 0 Å². The number of hydrogen-bond acceptors (Lipinski definition) is 2. The molecule has 0 aromatic heterocycles. The number of carbonyl (C=O) groups excluding carboxylic acids is 1. The van der Waals surface area contributed by atoms with Crippen molar-refractivity contribution in [2.24, 2.45) is 5.41 Å². The van der Waals surface area contributed by atoms with Gasteiger partial charge in [-0.25, -0.2) is 0 Å². The Balaban J connectivity index is 2.66. The highest BCUT2D eigenvalue weighted by Crippen LogP contribution is 2.29. The van der Waals surface area contributed by atoms with Crippen molar-refractivity contribution in [3.63, 3.8) is 0 Å². The summed E-state index contributed by atoms with van der Waals surface area (Å²) in [5, 5.41) is 11.9. The van der Waals surface area contributed by atoms with E-state index in [9.17, 15) is 4.79 Å². The summed E-state index contributed by atoms with van der Waals surface area (Å²) in [5.41, 5.74) is 1.30. The van der Waals surface area contributed by atoms with Gasteiger partial charge in [0.15, 0.2) is 0 Å². The topological polar surface area (TPSA) is 49.3 Å². The second-order valence-corrected chi connectivity index (χ2v) is 6.48. The predicted molar refractivity (Wildman–Crippen MR) is 82.3 cm³/mol. The number of aliphatic hydroxyl groups excluding tert-OH is 1. The smallest absolute Gasteiger partial charge is 0.220 e. The van der Waals surface area contributed by atoms with Gasteiger partial charge < -0.3 is 10.4 Å². The van der Waals surface area contributed by atoms with Crippen molar-refractivity contribution in [3.05, 3.63) is 35.9 Å². The maximum Gasteiger partial charge on any atom is 0.220 e. The summed E-state index contributed by atoms with van der Waals surface area (Å²) in [6, 6.07) is 10.2. The lowest BCUT2D eigenvalue weighted by molar-refractivity contribution is -0.122. The Bertz CT molecular complexity index is 395. The molecule has 0 bridgehead atoms. The maximum absolute atomic E-state index is 12.0. The molecule has 0 aliphatic rings. The van der Waals surface area contributed by atoms with Gasteiger partial charge in [0.05, 0.1) is 6.04 Å². The highest BCUT2D eigenvalue weighted by atomic mass is 16.2. The number of amides is 1. The molecule has 0 radical (unpaired) electrons. The molecule has 0 saturated heterocycles. The summed E-state index contributed by atoms with van der Waals surface area (Å²) in [7, 11) is 0. The minimum Gasteiger partial charge on any atom is -0.396 e. The average molecular weight is 277 g/mol. The van der Waals surface area contributed by atoms with Crippen molar-refractivity contribution >= 4 is 5.91 Å². The van der Waals surface area contributed by atoms with Crippen LogP contribution in [0.2, 0.25) is 0 Å². The zero-order valence-corrected chi connectivity index (χ0v) is 12.9. The third-order valence-corrected chi connectivity index (χ3v) is 3.17. The van der Waals surface area contributed by atoms with E-state index in [1.165, 1.54) is 0 Å². The van der Waals surface area contributed by atoms with Gasteiger partial charge in [0.2, 0.25) is 5.91 Å².